The van der Waals surface area contributed by atoms with Gasteiger partial charge >= 0.3 is 0 Å². The Balaban J connectivity index is 1.08. The van der Waals surface area contributed by atoms with Crippen molar-refractivity contribution in [2.24, 2.45) is 0 Å². The highest BCUT2D eigenvalue weighted by Gasteiger charge is 2.20. The lowest BCUT2D eigenvalue weighted by Crippen LogP contribution is -2.34. The summed E-state index contributed by atoms with van der Waals surface area (Å²) < 4.78 is 13.9. The highest BCUT2D eigenvalue weighted by molar-refractivity contribution is 5.92. The summed E-state index contributed by atoms with van der Waals surface area (Å²) in [6.07, 6.45) is 4.04. The largest absolute Gasteiger partial charge is 0.364 e. The second-order valence-electron chi connectivity index (χ2n) is 10.3. The lowest BCUT2D eigenvalue weighted by atomic mass is 10.2. The molecule has 0 spiro atoms. The SMILES string of the molecule is O=C(NCc1ncccc1F)c1cccc(CCN(CCc2nc3ccccc3[nH]2)CCC2Nc3ccccc3N2)n1. The number of rotatable bonds is 12. The first-order chi connectivity index (χ1) is 20.6. The van der Waals surface area contributed by atoms with Crippen molar-refractivity contribution in [2.75, 3.05) is 30.3 Å². The van der Waals surface area contributed by atoms with Crippen molar-refractivity contribution in [1.82, 2.24) is 30.2 Å². The number of nitrogens with zero attached hydrogens (tertiary/aromatic N) is 4. The van der Waals surface area contributed by atoms with Crippen LogP contribution < -0.4 is 16.0 Å². The van der Waals surface area contributed by atoms with E-state index in [0.29, 0.717) is 12.1 Å². The molecule has 0 radical (unpaired) electrons. The minimum absolute atomic E-state index is 0.0000876. The Kier molecular flexibility index (Phi) is 8.32. The van der Waals surface area contributed by atoms with E-state index in [1.807, 2.05) is 48.5 Å². The fourth-order valence-corrected chi connectivity index (χ4v) is 5.15. The Bertz CT molecular complexity index is 1610. The van der Waals surface area contributed by atoms with Crippen LogP contribution in [0.1, 0.15) is 34.1 Å². The molecular formula is C32H33FN8O. The summed E-state index contributed by atoms with van der Waals surface area (Å²) in [6.45, 7) is 2.47. The Morgan fingerprint density at radius 1 is 0.857 bits per heavy atom. The number of hydrogen-bond donors (Lipinski definition) is 4. The predicted octanol–water partition coefficient (Wildman–Crippen LogP) is 4.76. The van der Waals surface area contributed by atoms with Gasteiger partial charge in [-0.3, -0.25) is 9.78 Å². The molecule has 1 aliphatic heterocycles. The molecule has 0 aliphatic carbocycles. The van der Waals surface area contributed by atoms with Gasteiger partial charge < -0.3 is 25.8 Å². The Morgan fingerprint density at radius 3 is 2.45 bits per heavy atom. The van der Waals surface area contributed by atoms with Crippen molar-refractivity contribution in [3.8, 4) is 0 Å². The Labute approximate surface area is 243 Å². The van der Waals surface area contributed by atoms with Crippen LogP contribution in [0.5, 0.6) is 0 Å². The third-order valence-electron chi connectivity index (χ3n) is 7.40. The van der Waals surface area contributed by atoms with Crippen LogP contribution in [0.25, 0.3) is 11.0 Å². The molecule has 2 aromatic carbocycles. The Morgan fingerprint density at radius 2 is 1.64 bits per heavy atom. The molecule has 0 saturated carbocycles. The first-order valence-electron chi connectivity index (χ1n) is 14.2. The number of carbonyl (C=O) groups excluding carboxylic acids is 1. The zero-order valence-electron chi connectivity index (χ0n) is 23.2. The summed E-state index contributed by atoms with van der Waals surface area (Å²) >= 11 is 0. The predicted molar refractivity (Wildman–Crippen MR) is 162 cm³/mol. The van der Waals surface area contributed by atoms with Crippen LogP contribution in [0, 0.1) is 5.82 Å². The molecule has 0 atom stereocenters. The third kappa shape index (κ3) is 6.72. The number of benzene rings is 2. The third-order valence-corrected chi connectivity index (χ3v) is 7.40. The van der Waals surface area contributed by atoms with Crippen molar-refractivity contribution in [3.63, 3.8) is 0 Å². The van der Waals surface area contributed by atoms with Crippen molar-refractivity contribution in [1.29, 1.82) is 0 Å². The molecular weight excluding hydrogens is 531 g/mol. The number of aromatic nitrogens is 4. The van der Waals surface area contributed by atoms with Gasteiger partial charge in [0.1, 0.15) is 17.3 Å². The molecule has 5 aromatic rings. The van der Waals surface area contributed by atoms with Crippen molar-refractivity contribution < 1.29 is 9.18 Å². The van der Waals surface area contributed by atoms with Crippen LogP contribution >= 0.6 is 0 Å². The average molecular weight is 565 g/mol. The van der Waals surface area contributed by atoms with E-state index in [9.17, 15) is 9.18 Å². The number of aromatic amines is 1. The number of fused-ring (bicyclic) bond motifs is 2. The second kappa shape index (κ2) is 12.8. The minimum Gasteiger partial charge on any atom is -0.364 e. The Hall–Kier alpha value is -4.83. The van der Waals surface area contributed by atoms with Crippen LogP contribution in [0.3, 0.4) is 0 Å². The maximum atomic E-state index is 13.9. The van der Waals surface area contributed by atoms with E-state index in [0.717, 1.165) is 66.4 Å². The number of pyridine rings is 2. The maximum Gasteiger partial charge on any atom is 0.270 e. The number of imidazole rings is 1. The van der Waals surface area contributed by atoms with E-state index < -0.39 is 5.82 Å². The van der Waals surface area contributed by atoms with Crippen LogP contribution in [0.2, 0.25) is 0 Å². The molecule has 0 bridgehead atoms. The highest BCUT2D eigenvalue weighted by atomic mass is 19.1. The van der Waals surface area contributed by atoms with Crippen LogP contribution in [0.15, 0.2) is 85.1 Å². The summed E-state index contributed by atoms with van der Waals surface area (Å²) in [5.74, 6) is 0.155. The number of H-pyrrole nitrogens is 1. The van der Waals surface area contributed by atoms with Gasteiger partial charge in [0.15, 0.2) is 0 Å². The minimum atomic E-state index is -0.450. The van der Waals surface area contributed by atoms with Gasteiger partial charge in [0.25, 0.3) is 5.91 Å². The number of carbonyl (C=O) groups is 1. The van der Waals surface area contributed by atoms with Crippen LogP contribution in [-0.2, 0) is 19.4 Å². The van der Waals surface area contributed by atoms with Crippen molar-refractivity contribution >= 4 is 28.3 Å². The fraction of sp³-hybridized carbons (Fsp3) is 0.250. The first-order valence-corrected chi connectivity index (χ1v) is 14.2. The van der Waals surface area contributed by atoms with Gasteiger partial charge in [-0.15, -0.1) is 0 Å². The van der Waals surface area contributed by atoms with Crippen molar-refractivity contribution in [3.05, 3.63) is 114 Å². The monoisotopic (exact) mass is 564 g/mol. The summed E-state index contributed by atoms with van der Waals surface area (Å²) in [7, 11) is 0. The summed E-state index contributed by atoms with van der Waals surface area (Å²) in [5, 5.41) is 9.84. The molecule has 1 aliphatic rings. The van der Waals surface area contributed by atoms with Gasteiger partial charge in [0.05, 0.1) is 40.8 Å². The van der Waals surface area contributed by atoms with Crippen molar-refractivity contribution in [2.45, 2.75) is 32.0 Å². The summed E-state index contributed by atoms with van der Waals surface area (Å²) in [4.78, 5) is 31.9. The molecule has 4 heterocycles. The molecule has 3 aromatic heterocycles. The number of nitrogens with one attached hydrogen (secondary N) is 4. The lowest BCUT2D eigenvalue weighted by molar-refractivity contribution is 0.0944. The molecule has 6 rings (SSSR count). The van der Waals surface area contributed by atoms with Gasteiger partial charge in [-0.05, 0) is 55.0 Å². The first kappa shape index (κ1) is 27.3. The lowest BCUT2D eigenvalue weighted by Gasteiger charge is -2.24. The molecule has 0 fully saturated rings. The summed E-state index contributed by atoms with van der Waals surface area (Å²) in [6, 6.07) is 24.6. The van der Waals surface area contributed by atoms with E-state index in [1.54, 1.807) is 6.07 Å². The number of para-hydroxylation sites is 4. The number of anilines is 2. The molecule has 1 amide bonds. The van der Waals surface area contributed by atoms with Crippen LogP contribution in [-0.4, -0.2) is 56.5 Å². The normalized spacial score (nSPS) is 12.7. The number of hydrogen-bond acceptors (Lipinski definition) is 7. The molecule has 0 saturated heterocycles. The zero-order chi connectivity index (χ0) is 28.7. The van der Waals surface area contributed by atoms with E-state index in [2.05, 4.69) is 47.9 Å². The number of halogens is 1. The smallest absolute Gasteiger partial charge is 0.270 e. The summed E-state index contributed by atoms with van der Waals surface area (Å²) in [5.41, 5.74) is 5.58. The highest BCUT2D eigenvalue weighted by Crippen LogP contribution is 2.29. The second-order valence-corrected chi connectivity index (χ2v) is 10.3. The maximum absolute atomic E-state index is 13.9. The van der Waals surface area contributed by atoms with Crippen LogP contribution in [0.4, 0.5) is 15.8 Å². The van der Waals surface area contributed by atoms with Gasteiger partial charge in [-0.1, -0.05) is 30.3 Å². The average Bonchev–Trinajstić information content (AvgIpc) is 3.64. The topological polar surface area (TPSA) is 111 Å². The molecule has 42 heavy (non-hydrogen) atoms. The fourth-order valence-electron chi connectivity index (χ4n) is 5.15. The molecule has 9 nitrogen and oxygen atoms in total. The standard InChI is InChI=1S/C32H33FN8O/c33-23-8-6-17-34-29(23)21-35-32(42)28-13-5-7-22(36-28)14-18-41(19-15-30-37-24-9-1-2-10-25(24)38-30)20-16-31-39-26-11-3-4-12-27(26)40-31/h1-13,17,30,37-38H,14-16,18-21H2,(H,35,42)(H,39,40). The quantitative estimate of drug-likeness (QED) is 0.173. The van der Waals surface area contributed by atoms with Gasteiger partial charge in [-0.25, -0.2) is 14.4 Å². The molecule has 4 N–H and O–H groups in total. The van der Waals surface area contributed by atoms with Gasteiger partial charge in [-0.2, -0.15) is 0 Å². The molecule has 10 heteroatoms. The van der Waals surface area contributed by atoms with E-state index in [1.165, 1.54) is 18.3 Å². The van der Waals surface area contributed by atoms with E-state index in [4.69, 9.17) is 4.98 Å². The number of amides is 1. The van der Waals surface area contributed by atoms with Gasteiger partial charge in [0.2, 0.25) is 0 Å². The van der Waals surface area contributed by atoms with Gasteiger partial charge in [0, 0.05) is 44.4 Å². The van der Waals surface area contributed by atoms with E-state index in [-0.39, 0.29) is 24.3 Å². The molecule has 0 unspecified atom stereocenters. The molecule has 214 valence electrons. The van der Waals surface area contributed by atoms with E-state index >= 15 is 0 Å². The zero-order valence-corrected chi connectivity index (χ0v) is 23.2.